The van der Waals surface area contributed by atoms with Crippen LogP contribution in [-0.4, -0.2) is 43.8 Å². The second kappa shape index (κ2) is 12.9. The number of amides is 2. The van der Waals surface area contributed by atoms with Crippen molar-refractivity contribution in [2.24, 2.45) is 0 Å². The van der Waals surface area contributed by atoms with Gasteiger partial charge in [-0.2, -0.15) is 0 Å². The molecule has 2 unspecified atom stereocenters. The van der Waals surface area contributed by atoms with Crippen LogP contribution in [0.2, 0.25) is 5.02 Å². The van der Waals surface area contributed by atoms with Crippen LogP contribution in [0.4, 0.5) is 10.1 Å². The van der Waals surface area contributed by atoms with Crippen LogP contribution >= 0.6 is 11.6 Å². The fraction of sp³-hybridized carbons (Fsp3) is 0.286. The first kappa shape index (κ1) is 29.1. The Morgan fingerprint density at radius 3 is 2.16 bits per heavy atom. The zero-order valence-electron chi connectivity index (χ0n) is 21.5. The predicted molar refractivity (Wildman–Crippen MR) is 147 cm³/mol. The van der Waals surface area contributed by atoms with Crippen LogP contribution in [-0.2, 0) is 26.2 Å². The van der Waals surface area contributed by atoms with Gasteiger partial charge in [-0.25, -0.2) is 12.8 Å². The van der Waals surface area contributed by atoms with E-state index in [0.29, 0.717) is 12.0 Å². The van der Waals surface area contributed by atoms with Gasteiger partial charge < -0.3 is 10.2 Å². The van der Waals surface area contributed by atoms with Crippen molar-refractivity contribution in [2.45, 2.75) is 50.7 Å². The highest BCUT2D eigenvalue weighted by Gasteiger charge is 2.33. The lowest BCUT2D eigenvalue weighted by Gasteiger charge is -2.32. The van der Waals surface area contributed by atoms with Gasteiger partial charge in [0, 0.05) is 12.6 Å². The van der Waals surface area contributed by atoms with E-state index in [1.54, 1.807) is 37.3 Å². The molecule has 3 aromatic rings. The quantitative estimate of drug-likeness (QED) is 0.358. The Labute approximate surface area is 228 Å². The summed E-state index contributed by atoms with van der Waals surface area (Å²) >= 11 is 6.38. The van der Waals surface area contributed by atoms with E-state index in [-0.39, 0.29) is 34.1 Å². The number of carbonyl (C=O) groups excluding carboxylic acids is 2. The molecule has 0 aromatic heterocycles. The number of benzene rings is 3. The average molecular weight is 560 g/mol. The Kier molecular flexibility index (Phi) is 9.88. The molecule has 0 radical (unpaired) electrons. The third-order valence-corrected chi connectivity index (χ3v) is 8.26. The van der Waals surface area contributed by atoms with Crippen LogP contribution in [0, 0.1) is 5.82 Å². The summed E-state index contributed by atoms with van der Waals surface area (Å²) in [6, 6.07) is 18.5. The fourth-order valence-corrected chi connectivity index (χ4v) is 5.46. The molecule has 0 bridgehead atoms. The molecule has 0 aliphatic heterocycles. The molecule has 0 spiro atoms. The predicted octanol–water partition coefficient (Wildman–Crippen LogP) is 5.01. The monoisotopic (exact) mass is 559 g/mol. The maximum absolute atomic E-state index is 13.8. The zero-order chi connectivity index (χ0) is 27.9. The summed E-state index contributed by atoms with van der Waals surface area (Å²) in [7, 11) is -4.20. The lowest BCUT2D eigenvalue weighted by molar-refractivity contribution is -0.139. The third kappa shape index (κ3) is 7.11. The summed E-state index contributed by atoms with van der Waals surface area (Å²) in [6.45, 7) is 4.71. The molecule has 0 saturated carbocycles. The number of nitrogens with zero attached hydrogens (tertiary/aromatic N) is 2. The average Bonchev–Trinajstić information content (AvgIpc) is 2.91. The molecule has 7 nitrogen and oxygen atoms in total. The van der Waals surface area contributed by atoms with Crippen LogP contribution in [0.25, 0.3) is 0 Å². The second-order valence-corrected chi connectivity index (χ2v) is 11.2. The first-order valence-electron chi connectivity index (χ1n) is 12.2. The highest BCUT2D eigenvalue weighted by molar-refractivity contribution is 7.92. The van der Waals surface area contributed by atoms with Crippen molar-refractivity contribution in [3.8, 4) is 0 Å². The molecule has 0 saturated heterocycles. The van der Waals surface area contributed by atoms with Gasteiger partial charge in [0.15, 0.2) is 0 Å². The summed E-state index contributed by atoms with van der Waals surface area (Å²) in [6.07, 6.45) is 0.694. The summed E-state index contributed by atoms with van der Waals surface area (Å²) < 4.78 is 41.9. The maximum Gasteiger partial charge on any atom is 0.264 e. The smallest absolute Gasteiger partial charge is 0.264 e. The van der Waals surface area contributed by atoms with Crippen LogP contribution < -0.4 is 9.62 Å². The molecule has 3 aromatic carbocycles. The summed E-state index contributed by atoms with van der Waals surface area (Å²) in [5.74, 6) is -1.45. The Morgan fingerprint density at radius 2 is 1.55 bits per heavy atom. The van der Waals surface area contributed by atoms with Crippen molar-refractivity contribution in [2.75, 3.05) is 10.8 Å². The molecule has 0 fully saturated rings. The number of sulfonamides is 1. The van der Waals surface area contributed by atoms with Gasteiger partial charge in [0.1, 0.15) is 18.4 Å². The SMILES string of the molecule is CCC(C)NC(=O)C(C)N(Cc1ccc(F)cc1)C(=O)CN(c1ccccc1Cl)S(=O)(=O)c1ccccc1. The van der Waals surface area contributed by atoms with E-state index >= 15 is 0 Å². The van der Waals surface area contributed by atoms with Gasteiger partial charge >= 0.3 is 0 Å². The molecule has 0 heterocycles. The van der Waals surface area contributed by atoms with Crippen molar-refractivity contribution >= 4 is 39.1 Å². The molecular formula is C28H31ClFN3O4S. The third-order valence-electron chi connectivity index (χ3n) is 6.17. The van der Waals surface area contributed by atoms with E-state index in [1.807, 2.05) is 13.8 Å². The van der Waals surface area contributed by atoms with E-state index in [1.165, 1.54) is 53.4 Å². The Morgan fingerprint density at radius 1 is 0.947 bits per heavy atom. The van der Waals surface area contributed by atoms with Crippen LogP contribution in [0.5, 0.6) is 0 Å². The summed E-state index contributed by atoms with van der Waals surface area (Å²) in [5, 5.41) is 3.01. The van der Waals surface area contributed by atoms with Crippen molar-refractivity contribution < 1.29 is 22.4 Å². The Bertz CT molecular complexity index is 1350. The lowest BCUT2D eigenvalue weighted by Crippen LogP contribution is -2.52. The number of para-hydroxylation sites is 1. The van der Waals surface area contributed by atoms with E-state index < -0.39 is 34.3 Å². The molecule has 0 aliphatic carbocycles. The molecule has 0 aliphatic rings. The molecule has 38 heavy (non-hydrogen) atoms. The lowest BCUT2D eigenvalue weighted by atomic mass is 10.1. The highest BCUT2D eigenvalue weighted by Crippen LogP contribution is 2.30. The van der Waals surface area contributed by atoms with Crippen molar-refractivity contribution in [3.63, 3.8) is 0 Å². The molecule has 202 valence electrons. The van der Waals surface area contributed by atoms with Crippen LogP contribution in [0.3, 0.4) is 0 Å². The van der Waals surface area contributed by atoms with Gasteiger partial charge in [-0.3, -0.25) is 13.9 Å². The number of anilines is 1. The first-order valence-corrected chi connectivity index (χ1v) is 14.0. The van der Waals surface area contributed by atoms with Gasteiger partial charge in [-0.1, -0.05) is 61.0 Å². The standard InChI is InChI=1S/C28H31ClFN3O4S/c1-4-20(2)31-28(35)21(3)32(18-22-14-16-23(30)17-15-22)27(34)19-33(26-13-9-8-12-25(26)29)38(36,37)24-10-6-5-7-11-24/h5-17,20-21H,4,18-19H2,1-3H3,(H,31,35). The fourth-order valence-electron chi connectivity index (χ4n) is 3.72. The molecule has 2 amide bonds. The number of nitrogens with one attached hydrogen (secondary N) is 1. The van der Waals surface area contributed by atoms with Crippen molar-refractivity contribution in [1.29, 1.82) is 0 Å². The minimum atomic E-state index is -4.20. The van der Waals surface area contributed by atoms with Gasteiger partial charge in [-0.15, -0.1) is 0 Å². The van der Waals surface area contributed by atoms with Gasteiger partial charge in [0.25, 0.3) is 10.0 Å². The number of rotatable bonds is 11. The minimum absolute atomic E-state index is 0.0135. The summed E-state index contributed by atoms with van der Waals surface area (Å²) in [4.78, 5) is 28.1. The first-order chi connectivity index (χ1) is 18.0. The number of halogens is 2. The zero-order valence-corrected chi connectivity index (χ0v) is 23.0. The van der Waals surface area contributed by atoms with Gasteiger partial charge in [-0.05, 0) is 62.2 Å². The molecule has 1 N–H and O–H groups in total. The van der Waals surface area contributed by atoms with E-state index in [2.05, 4.69) is 5.32 Å². The van der Waals surface area contributed by atoms with E-state index in [0.717, 1.165) is 4.31 Å². The number of hydrogen-bond acceptors (Lipinski definition) is 4. The maximum atomic E-state index is 13.8. The molecule has 10 heteroatoms. The van der Waals surface area contributed by atoms with Crippen LogP contribution in [0.1, 0.15) is 32.8 Å². The number of carbonyl (C=O) groups is 2. The normalized spacial score (nSPS) is 12.9. The van der Waals surface area contributed by atoms with E-state index in [4.69, 9.17) is 11.6 Å². The minimum Gasteiger partial charge on any atom is -0.352 e. The summed E-state index contributed by atoms with van der Waals surface area (Å²) in [5.41, 5.74) is 0.711. The largest absolute Gasteiger partial charge is 0.352 e. The van der Waals surface area contributed by atoms with Crippen molar-refractivity contribution in [3.05, 3.63) is 95.3 Å². The van der Waals surface area contributed by atoms with Gasteiger partial charge in [0.2, 0.25) is 11.8 Å². The topological polar surface area (TPSA) is 86.8 Å². The Balaban J connectivity index is 2.02. The van der Waals surface area contributed by atoms with Crippen molar-refractivity contribution in [1.82, 2.24) is 10.2 Å². The van der Waals surface area contributed by atoms with Gasteiger partial charge in [0.05, 0.1) is 15.6 Å². The van der Waals surface area contributed by atoms with E-state index in [9.17, 15) is 22.4 Å². The Hall–Kier alpha value is -3.43. The molecular weight excluding hydrogens is 529 g/mol. The molecule has 2 atom stereocenters. The second-order valence-electron chi connectivity index (χ2n) is 8.92. The van der Waals surface area contributed by atoms with Crippen LogP contribution in [0.15, 0.2) is 83.8 Å². The number of hydrogen-bond donors (Lipinski definition) is 1. The highest BCUT2D eigenvalue weighted by atomic mass is 35.5. The molecule has 3 rings (SSSR count).